The van der Waals surface area contributed by atoms with Crippen molar-refractivity contribution in [3.63, 3.8) is 0 Å². The summed E-state index contributed by atoms with van der Waals surface area (Å²) in [4.78, 5) is 24.0. The third-order valence-electron chi connectivity index (χ3n) is 4.56. The third-order valence-corrected chi connectivity index (χ3v) is 4.80. The van der Waals surface area contributed by atoms with Crippen LogP contribution in [0.5, 0.6) is 5.75 Å². The van der Waals surface area contributed by atoms with Gasteiger partial charge in [0.05, 0.1) is 12.7 Å². The molecule has 148 valence electrons. The molecule has 29 heavy (non-hydrogen) atoms. The van der Waals surface area contributed by atoms with Crippen LogP contribution in [-0.4, -0.2) is 25.5 Å². The van der Waals surface area contributed by atoms with Crippen molar-refractivity contribution >= 4 is 23.4 Å². The molecular formula is C23H21ClN2O3. The van der Waals surface area contributed by atoms with Crippen molar-refractivity contribution in [3.8, 4) is 16.9 Å². The number of hydrogen-bond donors (Lipinski definition) is 2. The fraction of sp³-hybridized carbons (Fsp3) is 0.130. The molecule has 6 heteroatoms. The Morgan fingerprint density at radius 3 is 2.41 bits per heavy atom. The summed E-state index contributed by atoms with van der Waals surface area (Å²) in [6.45, 7) is 0.464. The van der Waals surface area contributed by atoms with Crippen molar-refractivity contribution in [1.29, 1.82) is 0 Å². The maximum absolute atomic E-state index is 12.4. The van der Waals surface area contributed by atoms with Crippen molar-refractivity contribution < 1.29 is 14.3 Å². The summed E-state index contributed by atoms with van der Waals surface area (Å²) in [5.41, 5.74) is 9.12. The highest BCUT2D eigenvalue weighted by Crippen LogP contribution is 2.24. The first kappa shape index (κ1) is 20.4. The zero-order chi connectivity index (χ0) is 20.8. The molecule has 3 aromatic rings. The largest absolute Gasteiger partial charge is 0.496 e. The number of rotatable bonds is 7. The highest BCUT2D eigenvalue weighted by Gasteiger charge is 2.13. The second-order valence-electron chi connectivity index (χ2n) is 6.46. The Balaban J connectivity index is 1.64. The molecule has 0 heterocycles. The van der Waals surface area contributed by atoms with Crippen molar-refractivity contribution in [3.05, 3.63) is 88.4 Å². The maximum atomic E-state index is 12.4. The van der Waals surface area contributed by atoms with Crippen LogP contribution in [-0.2, 0) is 6.42 Å². The summed E-state index contributed by atoms with van der Waals surface area (Å²) in [5, 5.41) is 3.36. The minimum Gasteiger partial charge on any atom is -0.496 e. The van der Waals surface area contributed by atoms with Crippen LogP contribution >= 0.6 is 11.6 Å². The molecular weight excluding hydrogens is 388 g/mol. The molecule has 0 aromatic heterocycles. The van der Waals surface area contributed by atoms with Gasteiger partial charge in [-0.05, 0) is 47.4 Å². The van der Waals surface area contributed by atoms with E-state index in [0.29, 0.717) is 34.9 Å². The predicted octanol–water partition coefficient (Wildman–Crippen LogP) is 4.09. The van der Waals surface area contributed by atoms with Gasteiger partial charge in [-0.25, -0.2) is 0 Å². The lowest BCUT2D eigenvalue weighted by Crippen LogP contribution is -2.26. The molecule has 0 radical (unpaired) electrons. The molecule has 0 aliphatic heterocycles. The Hall–Kier alpha value is -3.31. The van der Waals surface area contributed by atoms with E-state index < -0.39 is 5.91 Å². The highest BCUT2D eigenvalue weighted by atomic mass is 35.5. The summed E-state index contributed by atoms with van der Waals surface area (Å²) in [7, 11) is 1.51. The molecule has 0 saturated heterocycles. The summed E-state index contributed by atoms with van der Waals surface area (Å²) in [6, 6.07) is 20.0. The Morgan fingerprint density at radius 1 is 1.00 bits per heavy atom. The van der Waals surface area contributed by atoms with E-state index in [0.717, 1.165) is 16.7 Å². The lowest BCUT2D eigenvalue weighted by Gasteiger charge is -2.10. The molecule has 3 aromatic carbocycles. The molecule has 0 aliphatic carbocycles. The van der Waals surface area contributed by atoms with E-state index in [2.05, 4.69) is 5.32 Å². The number of carbonyl (C=O) groups is 2. The SMILES string of the molecule is COc1ccc(Cl)cc1C(=O)NCCc1ccc(-c2ccccc2C(N)=O)cc1. The van der Waals surface area contributed by atoms with Crippen LogP contribution in [0.15, 0.2) is 66.7 Å². The molecule has 0 atom stereocenters. The number of ether oxygens (including phenoxy) is 1. The monoisotopic (exact) mass is 408 g/mol. The van der Waals surface area contributed by atoms with Gasteiger partial charge in [0.25, 0.3) is 5.91 Å². The van der Waals surface area contributed by atoms with Crippen LogP contribution in [0.3, 0.4) is 0 Å². The summed E-state index contributed by atoms with van der Waals surface area (Å²) in [5.74, 6) is -0.218. The van der Waals surface area contributed by atoms with Crippen LogP contribution in [0.1, 0.15) is 26.3 Å². The molecule has 0 saturated carbocycles. The van der Waals surface area contributed by atoms with Crippen LogP contribution < -0.4 is 15.8 Å². The topological polar surface area (TPSA) is 81.4 Å². The maximum Gasteiger partial charge on any atom is 0.255 e. The van der Waals surface area contributed by atoms with E-state index in [-0.39, 0.29) is 5.91 Å². The second-order valence-corrected chi connectivity index (χ2v) is 6.89. The molecule has 0 aliphatic rings. The Morgan fingerprint density at radius 2 is 1.72 bits per heavy atom. The van der Waals surface area contributed by atoms with Crippen LogP contribution in [0.25, 0.3) is 11.1 Å². The third kappa shape index (κ3) is 4.95. The van der Waals surface area contributed by atoms with Crippen molar-refractivity contribution in [1.82, 2.24) is 5.32 Å². The van der Waals surface area contributed by atoms with Crippen molar-refractivity contribution in [2.45, 2.75) is 6.42 Å². The van der Waals surface area contributed by atoms with Gasteiger partial charge >= 0.3 is 0 Å². The molecule has 0 bridgehead atoms. The minimum absolute atomic E-state index is 0.239. The number of carbonyl (C=O) groups excluding carboxylic acids is 2. The van der Waals surface area contributed by atoms with Gasteiger partial charge in [0, 0.05) is 17.1 Å². The van der Waals surface area contributed by atoms with Crippen LogP contribution in [0, 0.1) is 0 Å². The minimum atomic E-state index is -0.455. The average molecular weight is 409 g/mol. The van der Waals surface area contributed by atoms with Gasteiger partial charge in [-0.2, -0.15) is 0 Å². The summed E-state index contributed by atoms with van der Waals surface area (Å²) >= 11 is 5.98. The van der Waals surface area contributed by atoms with Gasteiger partial charge in [-0.1, -0.05) is 54.1 Å². The zero-order valence-electron chi connectivity index (χ0n) is 15.9. The normalized spacial score (nSPS) is 10.4. The molecule has 0 unspecified atom stereocenters. The fourth-order valence-corrected chi connectivity index (χ4v) is 3.25. The van der Waals surface area contributed by atoms with E-state index >= 15 is 0 Å². The van der Waals surface area contributed by atoms with Crippen LogP contribution in [0.2, 0.25) is 5.02 Å². The number of benzene rings is 3. The second kappa shape index (κ2) is 9.26. The van der Waals surface area contributed by atoms with Crippen molar-refractivity contribution in [2.75, 3.05) is 13.7 Å². The van der Waals surface area contributed by atoms with E-state index in [9.17, 15) is 9.59 Å². The molecule has 5 nitrogen and oxygen atoms in total. The smallest absolute Gasteiger partial charge is 0.255 e. The lowest BCUT2D eigenvalue weighted by atomic mass is 9.98. The molecule has 0 fully saturated rings. The van der Waals surface area contributed by atoms with Crippen LogP contribution in [0.4, 0.5) is 0 Å². The Bertz CT molecular complexity index is 1030. The first-order chi connectivity index (χ1) is 14.0. The number of hydrogen-bond acceptors (Lipinski definition) is 3. The fourth-order valence-electron chi connectivity index (χ4n) is 3.07. The lowest BCUT2D eigenvalue weighted by molar-refractivity contribution is 0.0949. The van der Waals surface area contributed by atoms with Gasteiger partial charge in [0.15, 0.2) is 0 Å². The standard InChI is InChI=1S/C23H21ClN2O3/c1-29-21-11-10-17(24)14-20(21)23(28)26-13-12-15-6-8-16(9-7-15)18-4-2-3-5-19(18)22(25)27/h2-11,14H,12-13H2,1H3,(H2,25,27)(H,26,28). The Labute approximate surface area is 174 Å². The number of halogens is 1. The van der Waals surface area contributed by atoms with E-state index in [1.54, 1.807) is 30.3 Å². The van der Waals surface area contributed by atoms with E-state index in [1.165, 1.54) is 7.11 Å². The highest BCUT2D eigenvalue weighted by molar-refractivity contribution is 6.31. The van der Waals surface area contributed by atoms with Gasteiger partial charge in [0.2, 0.25) is 5.91 Å². The first-order valence-electron chi connectivity index (χ1n) is 9.09. The van der Waals surface area contributed by atoms with Gasteiger partial charge in [-0.3, -0.25) is 9.59 Å². The number of primary amides is 1. The summed E-state index contributed by atoms with van der Waals surface area (Å²) in [6.07, 6.45) is 0.659. The van der Waals surface area contributed by atoms with E-state index in [1.807, 2.05) is 36.4 Å². The Kier molecular flexibility index (Phi) is 6.52. The number of amides is 2. The molecule has 3 rings (SSSR count). The first-order valence-corrected chi connectivity index (χ1v) is 9.47. The quantitative estimate of drug-likeness (QED) is 0.617. The number of nitrogens with two attached hydrogens (primary N) is 1. The zero-order valence-corrected chi connectivity index (χ0v) is 16.7. The summed E-state index contributed by atoms with van der Waals surface area (Å²) < 4.78 is 5.22. The number of methoxy groups -OCH3 is 1. The molecule has 0 spiro atoms. The van der Waals surface area contributed by atoms with Gasteiger partial charge in [0.1, 0.15) is 5.75 Å². The number of nitrogens with one attached hydrogen (secondary N) is 1. The predicted molar refractivity (Wildman–Crippen MR) is 114 cm³/mol. The molecule has 2 amide bonds. The van der Waals surface area contributed by atoms with Crippen molar-refractivity contribution in [2.24, 2.45) is 5.73 Å². The van der Waals surface area contributed by atoms with Gasteiger partial charge in [-0.15, -0.1) is 0 Å². The molecule has 3 N–H and O–H groups in total. The van der Waals surface area contributed by atoms with E-state index in [4.69, 9.17) is 22.1 Å². The van der Waals surface area contributed by atoms with Gasteiger partial charge < -0.3 is 15.8 Å². The average Bonchev–Trinajstić information content (AvgIpc) is 2.74.